The molecule has 0 aromatic heterocycles. The number of benzene rings is 1. The van der Waals surface area contributed by atoms with E-state index in [1.54, 1.807) is 30.3 Å². The number of amides is 5. The molecule has 2 aliphatic rings. The Morgan fingerprint density at radius 3 is 2.38 bits per heavy atom. The van der Waals surface area contributed by atoms with E-state index in [-0.39, 0.29) is 18.8 Å². The molecule has 0 aliphatic carbocycles. The predicted molar refractivity (Wildman–Crippen MR) is 103 cm³/mol. The van der Waals surface area contributed by atoms with Crippen molar-refractivity contribution in [3.63, 3.8) is 0 Å². The lowest BCUT2D eigenvalue weighted by atomic mass is 10.1. The van der Waals surface area contributed by atoms with Crippen molar-refractivity contribution in [2.24, 2.45) is 0 Å². The Kier molecular flexibility index (Phi) is 5.64. The summed E-state index contributed by atoms with van der Waals surface area (Å²) in [4.78, 5) is 52.0. The Balaban J connectivity index is 1.82. The van der Waals surface area contributed by atoms with Crippen LogP contribution >= 0.6 is 0 Å². The lowest BCUT2D eigenvalue weighted by Crippen LogP contribution is -2.47. The number of imide groups is 2. The van der Waals surface area contributed by atoms with Gasteiger partial charge >= 0.3 is 17.8 Å². The van der Waals surface area contributed by atoms with E-state index in [4.69, 9.17) is 0 Å². The summed E-state index contributed by atoms with van der Waals surface area (Å²) in [7, 11) is -3.44. The quantitative estimate of drug-likeness (QED) is 0.358. The molecule has 29 heavy (non-hydrogen) atoms. The Bertz CT molecular complexity index is 1000. The van der Waals surface area contributed by atoms with Gasteiger partial charge in [-0.05, 0) is 11.6 Å². The van der Waals surface area contributed by atoms with Gasteiger partial charge in [0.15, 0.2) is 9.84 Å². The molecule has 1 aromatic rings. The highest BCUT2D eigenvalue weighted by molar-refractivity contribution is 7.94. The van der Waals surface area contributed by atoms with Gasteiger partial charge in [0.25, 0.3) is 0 Å². The van der Waals surface area contributed by atoms with E-state index in [1.165, 1.54) is 17.1 Å². The number of urea groups is 1. The van der Waals surface area contributed by atoms with Gasteiger partial charge < -0.3 is 4.90 Å². The lowest BCUT2D eigenvalue weighted by Gasteiger charge is -2.29. The van der Waals surface area contributed by atoms with E-state index in [1.807, 2.05) is 0 Å². The number of hydrogen-bond acceptors (Lipinski definition) is 6. The number of sulfone groups is 1. The van der Waals surface area contributed by atoms with Crippen LogP contribution in [0.3, 0.4) is 0 Å². The Labute approximate surface area is 167 Å². The molecule has 2 heterocycles. The fourth-order valence-electron chi connectivity index (χ4n) is 3.13. The van der Waals surface area contributed by atoms with E-state index < -0.39 is 46.2 Å². The maximum atomic E-state index is 13.0. The minimum absolute atomic E-state index is 0.0880. The van der Waals surface area contributed by atoms with Gasteiger partial charge in [-0.1, -0.05) is 36.4 Å². The molecule has 3 rings (SSSR count). The third-order valence-corrected chi connectivity index (χ3v) is 5.95. The Morgan fingerprint density at radius 1 is 1.14 bits per heavy atom. The average molecular weight is 417 g/mol. The number of carbonyl (C=O) groups is 4. The SMILES string of the molecule is C=CCN1C(=O)C(=O)N(CC(=O)N(Cc2ccccc2)[C@H]2C=CS(=O)(=O)C2)C1=O. The molecular formula is C19H19N3O6S. The first-order valence-corrected chi connectivity index (χ1v) is 10.5. The molecule has 5 amide bonds. The predicted octanol–water partition coefficient (Wildman–Crippen LogP) is 0.303. The second-order valence-electron chi connectivity index (χ2n) is 6.61. The molecule has 0 saturated carbocycles. The summed E-state index contributed by atoms with van der Waals surface area (Å²) in [6.45, 7) is 2.71. The van der Waals surface area contributed by atoms with E-state index >= 15 is 0 Å². The zero-order valence-electron chi connectivity index (χ0n) is 15.4. The molecule has 0 N–H and O–H groups in total. The van der Waals surface area contributed by atoms with Gasteiger partial charge in [-0.25, -0.2) is 18.1 Å². The van der Waals surface area contributed by atoms with Crippen LogP contribution in [0.15, 0.2) is 54.5 Å². The minimum atomic E-state index is -3.44. The van der Waals surface area contributed by atoms with Gasteiger partial charge in [-0.2, -0.15) is 0 Å². The van der Waals surface area contributed by atoms with Crippen LogP contribution in [-0.4, -0.2) is 71.8 Å². The van der Waals surface area contributed by atoms with Crippen LogP contribution in [0, 0.1) is 0 Å². The van der Waals surface area contributed by atoms with Crippen LogP contribution in [0.4, 0.5) is 4.79 Å². The molecule has 152 valence electrons. The van der Waals surface area contributed by atoms with Crippen LogP contribution in [0.1, 0.15) is 5.56 Å². The second kappa shape index (κ2) is 8.00. The zero-order chi connectivity index (χ0) is 21.2. The highest BCUT2D eigenvalue weighted by Gasteiger charge is 2.45. The minimum Gasteiger partial charge on any atom is -0.329 e. The summed E-state index contributed by atoms with van der Waals surface area (Å²) in [5.41, 5.74) is 0.752. The van der Waals surface area contributed by atoms with Crippen LogP contribution < -0.4 is 0 Å². The Morgan fingerprint density at radius 2 is 1.79 bits per heavy atom. The van der Waals surface area contributed by atoms with Crippen molar-refractivity contribution in [2.75, 3.05) is 18.8 Å². The van der Waals surface area contributed by atoms with Crippen molar-refractivity contribution in [1.29, 1.82) is 0 Å². The first-order valence-electron chi connectivity index (χ1n) is 8.76. The van der Waals surface area contributed by atoms with Crippen LogP contribution in [-0.2, 0) is 30.8 Å². The summed E-state index contributed by atoms with van der Waals surface area (Å²) in [6.07, 6.45) is 2.70. The number of hydrogen-bond donors (Lipinski definition) is 0. The van der Waals surface area contributed by atoms with E-state index in [0.29, 0.717) is 9.80 Å². The van der Waals surface area contributed by atoms with Gasteiger partial charge in [0.1, 0.15) is 6.54 Å². The molecule has 1 fully saturated rings. The van der Waals surface area contributed by atoms with Crippen molar-refractivity contribution in [1.82, 2.24) is 14.7 Å². The average Bonchev–Trinajstić information content (AvgIpc) is 3.14. The molecule has 1 saturated heterocycles. The lowest BCUT2D eigenvalue weighted by molar-refractivity contribution is -0.145. The van der Waals surface area contributed by atoms with Crippen molar-refractivity contribution < 1.29 is 27.6 Å². The molecule has 0 radical (unpaired) electrons. The first-order chi connectivity index (χ1) is 13.7. The molecular weight excluding hydrogens is 398 g/mol. The van der Waals surface area contributed by atoms with E-state index in [2.05, 4.69) is 6.58 Å². The van der Waals surface area contributed by atoms with Crippen LogP contribution in [0.2, 0.25) is 0 Å². The summed E-state index contributed by atoms with van der Waals surface area (Å²) in [6, 6.07) is 7.26. The summed E-state index contributed by atoms with van der Waals surface area (Å²) in [5.74, 6) is -3.05. The van der Waals surface area contributed by atoms with Gasteiger partial charge in [0.2, 0.25) is 5.91 Å². The zero-order valence-corrected chi connectivity index (χ0v) is 16.2. The van der Waals surface area contributed by atoms with Gasteiger partial charge in [0, 0.05) is 18.5 Å². The van der Waals surface area contributed by atoms with Crippen molar-refractivity contribution in [3.05, 3.63) is 60.0 Å². The molecule has 0 spiro atoms. The highest BCUT2D eigenvalue weighted by Crippen LogP contribution is 2.19. The normalized spacial score (nSPS) is 20.4. The number of rotatable bonds is 7. The molecule has 2 aliphatic heterocycles. The van der Waals surface area contributed by atoms with Crippen LogP contribution in [0.5, 0.6) is 0 Å². The maximum Gasteiger partial charge on any atom is 0.335 e. The topological polar surface area (TPSA) is 112 Å². The molecule has 0 bridgehead atoms. The van der Waals surface area contributed by atoms with Gasteiger partial charge in [-0.15, -0.1) is 6.58 Å². The monoisotopic (exact) mass is 417 g/mol. The molecule has 1 atom stereocenters. The van der Waals surface area contributed by atoms with Gasteiger partial charge in [-0.3, -0.25) is 19.3 Å². The second-order valence-corrected chi connectivity index (χ2v) is 8.54. The van der Waals surface area contributed by atoms with E-state index in [9.17, 15) is 27.6 Å². The largest absolute Gasteiger partial charge is 0.335 e. The molecule has 10 heteroatoms. The highest BCUT2D eigenvalue weighted by atomic mass is 32.2. The van der Waals surface area contributed by atoms with Crippen molar-refractivity contribution in [3.8, 4) is 0 Å². The molecule has 9 nitrogen and oxygen atoms in total. The summed E-state index contributed by atoms with van der Waals surface area (Å²) >= 11 is 0. The van der Waals surface area contributed by atoms with Crippen molar-refractivity contribution >= 4 is 33.6 Å². The van der Waals surface area contributed by atoms with Crippen LogP contribution in [0.25, 0.3) is 0 Å². The maximum absolute atomic E-state index is 13.0. The van der Waals surface area contributed by atoms with Crippen molar-refractivity contribution in [2.45, 2.75) is 12.6 Å². The third-order valence-electron chi connectivity index (χ3n) is 4.57. The van der Waals surface area contributed by atoms with Gasteiger partial charge in [0.05, 0.1) is 11.8 Å². The first kappa shape index (κ1) is 20.5. The number of nitrogens with zero attached hydrogens (tertiary/aromatic N) is 3. The van der Waals surface area contributed by atoms with E-state index in [0.717, 1.165) is 11.0 Å². The molecule has 1 aromatic carbocycles. The fourth-order valence-corrected chi connectivity index (χ4v) is 4.43. The fraction of sp³-hybridized carbons (Fsp3) is 0.263. The molecule has 0 unspecified atom stereocenters. The summed E-state index contributed by atoms with van der Waals surface area (Å²) in [5, 5.41) is 1.05. The Hall–Kier alpha value is -3.27. The standard InChI is InChI=1S/C19H19N3O6S/c1-2-9-20-17(24)18(25)22(19(20)26)12-16(23)21(11-14-6-4-3-5-7-14)15-8-10-29(27,28)13-15/h2-8,10,15H,1,9,11-13H2/t15-/m0/s1. The smallest absolute Gasteiger partial charge is 0.329 e. The number of carbonyl (C=O) groups excluding carboxylic acids is 4. The third kappa shape index (κ3) is 4.27. The summed E-state index contributed by atoms with van der Waals surface area (Å²) < 4.78 is 23.6.